The predicted octanol–water partition coefficient (Wildman–Crippen LogP) is 5.01. The highest BCUT2D eigenvalue weighted by Gasteiger charge is 2.45. The Kier molecular flexibility index (Phi) is 9.79. The minimum atomic E-state index is -0.837. The van der Waals surface area contributed by atoms with Crippen LogP contribution in [0.1, 0.15) is 63.1 Å². The molecule has 0 aromatic heterocycles. The van der Waals surface area contributed by atoms with Gasteiger partial charge in [-0.2, -0.15) is 0 Å². The molecule has 1 saturated heterocycles. The van der Waals surface area contributed by atoms with Crippen LogP contribution in [0.5, 0.6) is 5.75 Å². The average molecular weight is 510 g/mol. The minimum absolute atomic E-state index is 0.0403. The largest absolute Gasteiger partial charge is 0.508 e. The summed E-state index contributed by atoms with van der Waals surface area (Å²) in [6, 6.07) is 10.5. The van der Waals surface area contributed by atoms with E-state index in [-0.39, 0.29) is 28.3 Å². The maximum absolute atomic E-state index is 13.2. The van der Waals surface area contributed by atoms with E-state index < -0.39 is 22.7 Å². The number of unbranched alkanes of at least 4 members (excludes halogenated alkanes) is 2. The smallest absolute Gasteiger partial charge is 0.295 e. The number of nitro groups is 1. The molecule has 0 radical (unpaired) electrons. The minimum Gasteiger partial charge on any atom is -0.508 e. The first-order valence-corrected chi connectivity index (χ1v) is 12.8. The van der Waals surface area contributed by atoms with E-state index in [1.807, 2.05) is 0 Å². The third kappa shape index (κ3) is 6.74. The topological polar surface area (TPSA) is 124 Å². The summed E-state index contributed by atoms with van der Waals surface area (Å²) in [4.78, 5) is 40.6. The van der Waals surface area contributed by atoms with Crippen molar-refractivity contribution in [3.8, 4) is 5.75 Å². The molecule has 0 saturated carbocycles. The first-order valence-electron chi connectivity index (χ1n) is 12.8. The summed E-state index contributed by atoms with van der Waals surface area (Å²) < 4.78 is 0. The number of Topliss-reactive ketones (excluding diaryl/α,β-unsaturated/α-hetero) is 1. The quantitative estimate of drug-likeness (QED) is 0.128. The molecule has 0 unspecified atom stereocenters. The van der Waals surface area contributed by atoms with E-state index in [0.29, 0.717) is 18.5 Å². The number of likely N-dealkylation sites (tertiary alicyclic amines) is 1. The highest BCUT2D eigenvalue weighted by atomic mass is 16.6. The van der Waals surface area contributed by atoms with E-state index in [1.54, 1.807) is 12.1 Å². The molecule has 1 aliphatic heterocycles. The Morgan fingerprint density at radius 3 is 2.05 bits per heavy atom. The van der Waals surface area contributed by atoms with Crippen LogP contribution in [0.3, 0.4) is 0 Å². The van der Waals surface area contributed by atoms with Gasteiger partial charge < -0.3 is 20.0 Å². The van der Waals surface area contributed by atoms with Crippen LogP contribution in [0, 0.1) is 10.1 Å². The molecular weight excluding hydrogens is 474 g/mol. The third-order valence-electron chi connectivity index (χ3n) is 6.63. The zero-order valence-corrected chi connectivity index (χ0v) is 21.4. The molecule has 0 aliphatic carbocycles. The normalized spacial score (nSPS) is 17.1. The predicted molar refractivity (Wildman–Crippen MR) is 141 cm³/mol. The molecule has 1 heterocycles. The van der Waals surface area contributed by atoms with Crippen molar-refractivity contribution in [3.63, 3.8) is 0 Å². The number of phenols is 1. The van der Waals surface area contributed by atoms with Crippen molar-refractivity contribution in [1.29, 1.82) is 0 Å². The van der Waals surface area contributed by atoms with Crippen molar-refractivity contribution in [3.05, 3.63) is 75.3 Å². The monoisotopic (exact) mass is 509 g/mol. The lowest BCUT2D eigenvalue weighted by atomic mass is 9.95. The average Bonchev–Trinajstić information content (AvgIpc) is 3.15. The fraction of sp³-hybridized carbons (Fsp3) is 0.429. The third-order valence-corrected chi connectivity index (χ3v) is 6.63. The zero-order valence-electron chi connectivity index (χ0n) is 21.4. The number of amides is 1. The van der Waals surface area contributed by atoms with Crippen LogP contribution in [0.2, 0.25) is 0 Å². The van der Waals surface area contributed by atoms with Gasteiger partial charge in [0.1, 0.15) is 11.5 Å². The lowest BCUT2D eigenvalue weighted by molar-refractivity contribution is -0.384. The van der Waals surface area contributed by atoms with Gasteiger partial charge in [-0.3, -0.25) is 19.7 Å². The number of hydrogen-bond acceptors (Lipinski definition) is 7. The van der Waals surface area contributed by atoms with Gasteiger partial charge in [-0.25, -0.2) is 0 Å². The number of carbonyl (C=O) groups excluding carboxylic acids is 2. The first-order chi connectivity index (χ1) is 17.8. The molecule has 1 atom stereocenters. The van der Waals surface area contributed by atoms with Crippen LogP contribution >= 0.6 is 0 Å². The Morgan fingerprint density at radius 2 is 1.51 bits per heavy atom. The van der Waals surface area contributed by atoms with Gasteiger partial charge in [0.05, 0.1) is 16.5 Å². The van der Waals surface area contributed by atoms with Crippen LogP contribution in [-0.2, 0) is 9.59 Å². The summed E-state index contributed by atoms with van der Waals surface area (Å²) >= 11 is 0. The molecule has 3 rings (SSSR count). The van der Waals surface area contributed by atoms with Gasteiger partial charge in [0.2, 0.25) is 0 Å². The van der Waals surface area contributed by atoms with Crippen LogP contribution in [0.15, 0.2) is 54.1 Å². The molecule has 0 bridgehead atoms. The van der Waals surface area contributed by atoms with Gasteiger partial charge in [-0.15, -0.1) is 0 Å². The number of nitro benzene ring substituents is 1. The second-order valence-corrected chi connectivity index (χ2v) is 9.29. The Bertz CT molecular complexity index is 1120. The Hall–Kier alpha value is -3.72. The van der Waals surface area contributed by atoms with Gasteiger partial charge in [0, 0.05) is 24.2 Å². The van der Waals surface area contributed by atoms with Gasteiger partial charge in [0.25, 0.3) is 17.4 Å². The lowest BCUT2D eigenvalue weighted by Gasteiger charge is -2.27. The van der Waals surface area contributed by atoms with Crippen LogP contribution in [0.25, 0.3) is 5.76 Å². The van der Waals surface area contributed by atoms with Crippen molar-refractivity contribution in [2.75, 3.05) is 26.2 Å². The molecule has 9 heteroatoms. The van der Waals surface area contributed by atoms with Crippen molar-refractivity contribution >= 4 is 23.1 Å². The molecule has 198 valence electrons. The van der Waals surface area contributed by atoms with Crippen molar-refractivity contribution in [2.45, 2.75) is 52.0 Å². The second-order valence-electron chi connectivity index (χ2n) is 9.29. The Balaban J connectivity index is 1.92. The van der Waals surface area contributed by atoms with Crippen molar-refractivity contribution < 1.29 is 24.7 Å². The molecule has 2 aromatic carbocycles. The van der Waals surface area contributed by atoms with Gasteiger partial charge in [-0.1, -0.05) is 38.8 Å². The number of aliphatic hydroxyl groups excluding tert-OH is 1. The van der Waals surface area contributed by atoms with Crippen LogP contribution in [0.4, 0.5) is 5.69 Å². The molecule has 37 heavy (non-hydrogen) atoms. The number of carbonyl (C=O) groups is 2. The summed E-state index contributed by atoms with van der Waals surface area (Å²) in [5.74, 6) is -1.85. The van der Waals surface area contributed by atoms with Crippen LogP contribution in [-0.4, -0.2) is 62.8 Å². The molecule has 9 nitrogen and oxygen atoms in total. The number of rotatable bonds is 13. The Morgan fingerprint density at radius 1 is 0.946 bits per heavy atom. The van der Waals surface area contributed by atoms with E-state index >= 15 is 0 Å². The maximum atomic E-state index is 13.2. The number of nitrogens with zero attached hydrogens (tertiary/aromatic N) is 3. The highest BCUT2D eigenvalue weighted by Crippen LogP contribution is 2.40. The van der Waals surface area contributed by atoms with E-state index in [9.17, 15) is 29.9 Å². The fourth-order valence-electron chi connectivity index (χ4n) is 4.57. The Labute approximate surface area is 217 Å². The fourth-order valence-corrected chi connectivity index (χ4v) is 4.57. The molecule has 1 aliphatic rings. The lowest BCUT2D eigenvalue weighted by Crippen LogP contribution is -2.34. The first kappa shape index (κ1) is 27.9. The van der Waals surface area contributed by atoms with E-state index in [0.717, 1.165) is 45.3 Å². The molecule has 2 N–H and O–H groups in total. The van der Waals surface area contributed by atoms with E-state index in [4.69, 9.17) is 0 Å². The SMILES string of the molecule is CCCCN(CCCC)CCCN1C(=O)C(=O)C(=C(O)c2ccc([N+](=O)[O-])cc2)[C@@H]1c1ccc(O)cc1. The molecule has 2 aromatic rings. The number of hydrogen-bond donors (Lipinski definition) is 2. The maximum Gasteiger partial charge on any atom is 0.295 e. The van der Waals surface area contributed by atoms with Gasteiger partial charge >= 0.3 is 0 Å². The van der Waals surface area contributed by atoms with Crippen molar-refractivity contribution in [1.82, 2.24) is 9.80 Å². The summed E-state index contributed by atoms with van der Waals surface area (Å²) in [5, 5.41) is 31.9. The summed E-state index contributed by atoms with van der Waals surface area (Å²) in [6.07, 6.45) is 5.04. The summed E-state index contributed by atoms with van der Waals surface area (Å²) in [5.41, 5.74) is 0.563. The summed E-state index contributed by atoms with van der Waals surface area (Å²) in [7, 11) is 0. The van der Waals surface area contributed by atoms with Gasteiger partial charge in [0.15, 0.2) is 0 Å². The number of aliphatic hydroxyl groups is 1. The number of benzene rings is 2. The van der Waals surface area contributed by atoms with Crippen molar-refractivity contribution in [2.24, 2.45) is 0 Å². The van der Waals surface area contributed by atoms with Gasteiger partial charge in [-0.05, 0) is 68.7 Å². The molecule has 1 amide bonds. The highest BCUT2D eigenvalue weighted by molar-refractivity contribution is 6.46. The number of ketones is 1. The number of non-ortho nitro benzene ring substituents is 1. The molecular formula is C28H35N3O6. The standard InChI is InChI=1S/C28H35N3O6/c1-3-5-16-29(17-6-4-2)18-7-19-30-25(20-10-14-23(32)15-11-20)24(27(34)28(30)35)26(33)21-8-12-22(13-9-21)31(36)37/h8-15,25,32-33H,3-7,16-19H2,1-2H3/t25-/m0/s1. The molecule has 0 spiro atoms. The zero-order chi connectivity index (χ0) is 26.9. The number of phenolic OH excluding ortho intramolecular Hbond substituents is 1. The number of aromatic hydroxyl groups is 1. The molecule has 1 fully saturated rings. The second kappa shape index (κ2) is 13.0. The van der Waals surface area contributed by atoms with E-state index in [2.05, 4.69) is 18.7 Å². The van der Waals surface area contributed by atoms with E-state index in [1.165, 1.54) is 41.3 Å². The summed E-state index contributed by atoms with van der Waals surface area (Å²) in [6.45, 7) is 7.38. The van der Waals surface area contributed by atoms with Crippen LogP contribution < -0.4 is 0 Å².